The molecule has 1 aromatic rings. The summed E-state index contributed by atoms with van der Waals surface area (Å²) >= 11 is 0. The minimum Gasteiger partial charge on any atom is -0.398 e. The molecule has 0 spiro atoms. The Labute approximate surface area is 119 Å². The average molecular weight is 301 g/mol. The van der Waals surface area contributed by atoms with Gasteiger partial charge >= 0.3 is 0 Å². The van der Waals surface area contributed by atoms with Gasteiger partial charge in [0.2, 0.25) is 10.0 Å². The zero-order valence-electron chi connectivity index (χ0n) is 11.9. The lowest BCUT2D eigenvalue weighted by Gasteiger charge is -2.36. The third kappa shape index (κ3) is 2.65. The number of sulfonamides is 1. The predicted molar refractivity (Wildman–Crippen MR) is 76.4 cm³/mol. The first-order valence-corrected chi connectivity index (χ1v) is 7.93. The second kappa shape index (κ2) is 5.31. The summed E-state index contributed by atoms with van der Waals surface area (Å²) in [6.45, 7) is 4.95. The van der Waals surface area contributed by atoms with Gasteiger partial charge in [0.25, 0.3) is 0 Å². The van der Waals surface area contributed by atoms with Crippen LogP contribution in [-0.4, -0.2) is 50.3 Å². The molecule has 1 unspecified atom stereocenters. The van der Waals surface area contributed by atoms with Gasteiger partial charge in [-0.3, -0.25) is 0 Å². The van der Waals surface area contributed by atoms with Crippen LogP contribution < -0.4 is 5.73 Å². The van der Waals surface area contributed by atoms with Gasteiger partial charge in [-0.1, -0.05) is 0 Å². The number of likely N-dealkylation sites (N-methyl/N-ethyl adjacent to an activating group) is 1. The molecular formula is C13H20FN3O2S. The third-order valence-electron chi connectivity index (χ3n) is 3.92. The zero-order valence-corrected chi connectivity index (χ0v) is 12.7. The van der Waals surface area contributed by atoms with Crippen LogP contribution in [0.3, 0.4) is 0 Å². The van der Waals surface area contributed by atoms with Gasteiger partial charge in [0, 0.05) is 36.9 Å². The topological polar surface area (TPSA) is 66.6 Å². The fraction of sp³-hybridized carbons (Fsp3) is 0.538. The number of rotatable bonds is 2. The van der Waals surface area contributed by atoms with Crippen molar-refractivity contribution in [2.75, 3.05) is 32.4 Å². The molecule has 1 aromatic carbocycles. The van der Waals surface area contributed by atoms with Crippen molar-refractivity contribution >= 4 is 15.7 Å². The van der Waals surface area contributed by atoms with Crippen LogP contribution in [0.15, 0.2) is 17.0 Å². The maximum atomic E-state index is 13.7. The Balaban J connectivity index is 2.36. The summed E-state index contributed by atoms with van der Waals surface area (Å²) in [4.78, 5) is 2.02. The molecule has 0 radical (unpaired) electrons. The van der Waals surface area contributed by atoms with E-state index in [4.69, 9.17) is 5.73 Å². The first-order chi connectivity index (χ1) is 9.23. The Morgan fingerprint density at radius 1 is 1.35 bits per heavy atom. The van der Waals surface area contributed by atoms with Gasteiger partial charge in [0.1, 0.15) is 5.82 Å². The van der Waals surface area contributed by atoms with Gasteiger partial charge in [0.05, 0.1) is 4.90 Å². The highest BCUT2D eigenvalue weighted by molar-refractivity contribution is 7.89. The molecule has 1 atom stereocenters. The van der Waals surface area contributed by atoms with Crippen LogP contribution in [-0.2, 0) is 10.0 Å². The largest absolute Gasteiger partial charge is 0.398 e. The highest BCUT2D eigenvalue weighted by atomic mass is 32.2. The maximum Gasteiger partial charge on any atom is 0.243 e. The van der Waals surface area contributed by atoms with E-state index >= 15 is 0 Å². The molecule has 2 rings (SSSR count). The number of nitrogens with two attached hydrogens (primary N) is 1. The second-order valence-corrected chi connectivity index (χ2v) is 7.25. The molecule has 0 aliphatic carbocycles. The van der Waals surface area contributed by atoms with E-state index in [1.165, 1.54) is 17.3 Å². The van der Waals surface area contributed by atoms with Gasteiger partial charge in [-0.15, -0.1) is 0 Å². The number of benzene rings is 1. The average Bonchev–Trinajstić information content (AvgIpc) is 2.38. The molecule has 0 saturated carbocycles. The summed E-state index contributed by atoms with van der Waals surface area (Å²) in [6.07, 6.45) is 0. The number of nitrogen functional groups attached to an aromatic ring is 1. The van der Waals surface area contributed by atoms with Crippen molar-refractivity contribution in [3.8, 4) is 0 Å². The number of nitrogens with zero attached hydrogens (tertiary/aromatic N) is 2. The summed E-state index contributed by atoms with van der Waals surface area (Å²) in [6, 6.07) is 2.51. The minimum atomic E-state index is -3.69. The van der Waals surface area contributed by atoms with Crippen LogP contribution in [0.5, 0.6) is 0 Å². The second-order valence-electron chi connectivity index (χ2n) is 5.31. The fourth-order valence-electron chi connectivity index (χ4n) is 2.21. The highest BCUT2D eigenvalue weighted by Gasteiger charge is 2.31. The summed E-state index contributed by atoms with van der Waals surface area (Å²) in [5, 5.41) is 0. The number of halogens is 1. The van der Waals surface area contributed by atoms with Crippen LogP contribution in [0.4, 0.5) is 10.1 Å². The predicted octanol–water partition coefficient (Wildman–Crippen LogP) is 1.04. The third-order valence-corrected chi connectivity index (χ3v) is 5.76. The molecule has 1 aliphatic heterocycles. The summed E-state index contributed by atoms with van der Waals surface area (Å²) in [5.74, 6) is -0.592. The number of hydrogen-bond donors (Lipinski definition) is 1. The molecule has 20 heavy (non-hydrogen) atoms. The summed E-state index contributed by atoms with van der Waals surface area (Å²) in [5.41, 5.74) is 6.10. The lowest BCUT2D eigenvalue weighted by molar-refractivity contribution is 0.159. The van der Waals surface area contributed by atoms with E-state index in [1.807, 2.05) is 14.0 Å². The Bertz CT molecular complexity index is 595. The summed E-state index contributed by atoms with van der Waals surface area (Å²) in [7, 11) is -1.74. The zero-order chi connectivity index (χ0) is 15.1. The van der Waals surface area contributed by atoms with E-state index in [9.17, 15) is 12.8 Å². The monoisotopic (exact) mass is 301 g/mol. The Hall–Kier alpha value is -1.18. The van der Waals surface area contributed by atoms with Crippen molar-refractivity contribution in [3.63, 3.8) is 0 Å². The SMILES string of the molecule is Cc1c(N)cc(S(=O)(=O)N2CCN(C)C(C)C2)cc1F. The Morgan fingerprint density at radius 3 is 2.55 bits per heavy atom. The quantitative estimate of drug-likeness (QED) is 0.829. The van der Waals surface area contributed by atoms with Crippen LogP contribution in [0.25, 0.3) is 0 Å². The van der Waals surface area contributed by atoms with E-state index < -0.39 is 15.8 Å². The van der Waals surface area contributed by atoms with Crippen molar-refractivity contribution in [2.24, 2.45) is 0 Å². The first kappa shape index (κ1) is 15.2. The van der Waals surface area contributed by atoms with Crippen molar-refractivity contribution in [1.82, 2.24) is 9.21 Å². The first-order valence-electron chi connectivity index (χ1n) is 6.49. The lowest BCUT2D eigenvalue weighted by atomic mass is 10.2. The van der Waals surface area contributed by atoms with Gasteiger partial charge in [0.15, 0.2) is 0 Å². The minimum absolute atomic E-state index is 0.0742. The Morgan fingerprint density at radius 2 is 2.00 bits per heavy atom. The standard InChI is InChI=1S/C13H20FN3O2S/c1-9-8-17(5-4-16(9)3)20(18,19)11-6-12(14)10(2)13(15)7-11/h6-7,9H,4-5,8,15H2,1-3H3. The van der Waals surface area contributed by atoms with Crippen LogP contribution in [0, 0.1) is 12.7 Å². The molecule has 0 aromatic heterocycles. The fourth-order valence-corrected chi connectivity index (χ4v) is 3.77. The van der Waals surface area contributed by atoms with E-state index in [0.29, 0.717) is 19.6 Å². The van der Waals surface area contributed by atoms with E-state index in [1.54, 1.807) is 0 Å². The van der Waals surface area contributed by atoms with E-state index in [-0.39, 0.29) is 22.2 Å². The molecule has 1 aliphatic rings. The molecular weight excluding hydrogens is 281 g/mol. The number of piperazine rings is 1. The van der Waals surface area contributed by atoms with Gasteiger partial charge < -0.3 is 10.6 Å². The van der Waals surface area contributed by atoms with Gasteiger partial charge in [-0.2, -0.15) is 4.31 Å². The van der Waals surface area contributed by atoms with Crippen LogP contribution in [0.2, 0.25) is 0 Å². The molecule has 0 bridgehead atoms. The molecule has 5 nitrogen and oxygen atoms in total. The molecule has 7 heteroatoms. The lowest BCUT2D eigenvalue weighted by Crippen LogP contribution is -2.51. The van der Waals surface area contributed by atoms with Crippen molar-refractivity contribution in [1.29, 1.82) is 0 Å². The van der Waals surface area contributed by atoms with Gasteiger partial charge in [-0.05, 0) is 33.0 Å². The maximum absolute atomic E-state index is 13.7. The molecule has 2 N–H and O–H groups in total. The summed E-state index contributed by atoms with van der Waals surface area (Å²) < 4.78 is 40.2. The molecule has 0 amide bonds. The molecule has 1 fully saturated rings. The van der Waals surface area contributed by atoms with Crippen molar-refractivity contribution in [3.05, 3.63) is 23.5 Å². The molecule has 1 saturated heterocycles. The van der Waals surface area contributed by atoms with Crippen molar-refractivity contribution < 1.29 is 12.8 Å². The smallest absolute Gasteiger partial charge is 0.243 e. The number of anilines is 1. The highest BCUT2D eigenvalue weighted by Crippen LogP contribution is 2.25. The van der Waals surface area contributed by atoms with E-state index in [2.05, 4.69) is 4.90 Å². The van der Waals surface area contributed by atoms with Crippen LogP contribution in [0.1, 0.15) is 12.5 Å². The van der Waals surface area contributed by atoms with Gasteiger partial charge in [-0.25, -0.2) is 12.8 Å². The number of hydrogen-bond acceptors (Lipinski definition) is 4. The Kier molecular flexibility index (Phi) is 4.04. The normalized spacial score (nSPS) is 22.1. The van der Waals surface area contributed by atoms with Crippen molar-refractivity contribution in [2.45, 2.75) is 24.8 Å². The molecule has 112 valence electrons. The molecule has 1 heterocycles. The van der Waals surface area contributed by atoms with Crippen LogP contribution >= 0.6 is 0 Å². The van der Waals surface area contributed by atoms with E-state index in [0.717, 1.165) is 6.07 Å².